The smallest absolute Gasteiger partial charge is 0.274 e. The van der Waals surface area contributed by atoms with E-state index in [1.807, 2.05) is 13.0 Å². The van der Waals surface area contributed by atoms with Crippen molar-refractivity contribution in [2.75, 3.05) is 17.2 Å². The maximum absolute atomic E-state index is 12.6. The van der Waals surface area contributed by atoms with Crippen molar-refractivity contribution in [2.45, 2.75) is 6.92 Å². The number of benzene rings is 2. The second-order valence-corrected chi connectivity index (χ2v) is 6.21. The lowest BCUT2D eigenvalue weighted by atomic mass is 10.2. The summed E-state index contributed by atoms with van der Waals surface area (Å²) in [5.74, 6) is -0.213. The number of nitrogens with zero attached hydrogens (tertiary/aromatic N) is 1. The van der Waals surface area contributed by atoms with E-state index >= 15 is 0 Å². The minimum atomic E-state index is -0.424. The van der Waals surface area contributed by atoms with Gasteiger partial charge in [0.2, 0.25) is 0 Å². The van der Waals surface area contributed by atoms with Gasteiger partial charge in [-0.1, -0.05) is 23.7 Å². The molecule has 0 spiro atoms. The Bertz CT molecular complexity index is 990. The van der Waals surface area contributed by atoms with E-state index < -0.39 is 5.91 Å². The Morgan fingerprint density at radius 2 is 1.75 bits per heavy atom. The highest BCUT2D eigenvalue weighted by Gasteiger charge is 2.14. The summed E-state index contributed by atoms with van der Waals surface area (Å²) in [5.41, 5.74) is 1.57. The maximum Gasteiger partial charge on any atom is 0.274 e. The molecule has 2 aromatic carbocycles. The first-order valence-electron chi connectivity index (χ1n) is 8.63. The van der Waals surface area contributed by atoms with Crippen molar-refractivity contribution < 1.29 is 14.3 Å². The summed E-state index contributed by atoms with van der Waals surface area (Å²) in [4.78, 5) is 29.1. The molecule has 28 heavy (non-hydrogen) atoms. The standard InChI is InChI=1S/C21H18ClN3O3/c1-2-28-19-6-4-3-5-17(19)25-20(26)14-11-12-23-18(13-14)21(27)24-16-9-7-15(22)8-10-16/h3-13H,2H2,1H3,(H,24,27)(H,25,26). The van der Waals surface area contributed by atoms with Crippen LogP contribution in [0.5, 0.6) is 5.75 Å². The van der Waals surface area contributed by atoms with Gasteiger partial charge in [-0.2, -0.15) is 0 Å². The monoisotopic (exact) mass is 395 g/mol. The Morgan fingerprint density at radius 3 is 2.50 bits per heavy atom. The van der Waals surface area contributed by atoms with E-state index in [0.717, 1.165) is 0 Å². The first-order chi connectivity index (χ1) is 13.6. The molecular weight excluding hydrogens is 378 g/mol. The number of hydrogen-bond donors (Lipinski definition) is 2. The van der Waals surface area contributed by atoms with E-state index in [9.17, 15) is 9.59 Å². The molecule has 3 rings (SSSR count). The molecule has 0 radical (unpaired) electrons. The Morgan fingerprint density at radius 1 is 1.00 bits per heavy atom. The first kappa shape index (κ1) is 19.4. The van der Waals surface area contributed by atoms with Crippen LogP contribution in [0.25, 0.3) is 0 Å². The number of halogens is 1. The second kappa shape index (κ2) is 9.01. The summed E-state index contributed by atoms with van der Waals surface area (Å²) in [5, 5.41) is 6.08. The van der Waals surface area contributed by atoms with Crippen LogP contribution in [0, 0.1) is 0 Å². The highest BCUT2D eigenvalue weighted by molar-refractivity contribution is 6.30. The van der Waals surface area contributed by atoms with Crippen LogP contribution in [0.15, 0.2) is 66.9 Å². The molecule has 0 aliphatic carbocycles. The lowest BCUT2D eigenvalue weighted by Gasteiger charge is -2.11. The number of ether oxygens (including phenoxy) is 1. The van der Waals surface area contributed by atoms with Crippen LogP contribution in [0.4, 0.5) is 11.4 Å². The van der Waals surface area contributed by atoms with Crippen molar-refractivity contribution >= 4 is 34.8 Å². The van der Waals surface area contributed by atoms with Gasteiger partial charge in [0.1, 0.15) is 11.4 Å². The van der Waals surface area contributed by atoms with Gasteiger partial charge in [0.25, 0.3) is 11.8 Å². The third-order valence-electron chi connectivity index (χ3n) is 3.79. The molecule has 1 aromatic heterocycles. The zero-order valence-electron chi connectivity index (χ0n) is 15.1. The maximum atomic E-state index is 12.6. The van der Waals surface area contributed by atoms with E-state index in [2.05, 4.69) is 15.6 Å². The number of rotatable bonds is 6. The van der Waals surface area contributed by atoms with Gasteiger partial charge in [0.05, 0.1) is 12.3 Å². The van der Waals surface area contributed by atoms with Gasteiger partial charge in [-0.25, -0.2) is 0 Å². The fourth-order valence-electron chi connectivity index (χ4n) is 2.47. The van der Waals surface area contributed by atoms with Crippen LogP contribution in [-0.2, 0) is 0 Å². The highest BCUT2D eigenvalue weighted by atomic mass is 35.5. The summed E-state index contributed by atoms with van der Waals surface area (Å²) in [6.07, 6.45) is 1.42. The number of pyridine rings is 1. The quantitative estimate of drug-likeness (QED) is 0.637. The summed E-state index contributed by atoms with van der Waals surface area (Å²) in [6.45, 7) is 2.35. The zero-order valence-corrected chi connectivity index (χ0v) is 15.9. The number of carbonyl (C=O) groups excluding carboxylic acids is 2. The molecule has 142 valence electrons. The minimum absolute atomic E-state index is 0.126. The minimum Gasteiger partial charge on any atom is -0.492 e. The average Bonchev–Trinajstić information content (AvgIpc) is 2.71. The van der Waals surface area contributed by atoms with Gasteiger partial charge < -0.3 is 15.4 Å². The lowest BCUT2D eigenvalue weighted by Crippen LogP contribution is -2.17. The number of aromatic nitrogens is 1. The van der Waals surface area contributed by atoms with E-state index in [-0.39, 0.29) is 11.6 Å². The summed E-state index contributed by atoms with van der Waals surface area (Å²) in [7, 11) is 0. The topological polar surface area (TPSA) is 80.3 Å². The van der Waals surface area contributed by atoms with Crippen LogP contribution in [0.2, 0.25) is 5.02 Å². The van der Waals surface area contributed by atoms with Crippen LogP contribution < -0.4 is 15.4 Å². The number of nitrogens with one attached hydrogen (secondary N) is 2. The van der Waals surface area contributed by atoms with Crippen LogP contribution in [-0.4, -0.2) is 23.4 Å². The van der Waals surface area contributed by atoms with E-state index in [1.165, 1.54) is 18.3 Å². The van der Waals surface area contributed by atoms with Gasteiger partial charge in [-0.15, -0.1) is 0 Å². The van der Waals surface area contributed by atoms with Crippen molar-refractivity contribution in [3.63, 3.8) is 0 Å². The molecule has 0 bridgehead atoms. The van der Waals surface area contributed by atoms with Crippen LogP contribution in [0.3, 0.4) is 0 Å². The number of para-hydroxylation sites is 2. The number of anilines is 2. The predicted molar refractivity (Wildman–Crippen MR) is 109 cm³/mol. The molecule has 2 N–H and O–H groups in total. The molecule has 0 aliphatic rings. The highest BCUT2D eigenvalue weighted by Crippen LogP contribution is 2.24. The summed E-state index contributed by atoms with van der Waals surface area (Å²) >= 11 is 5.84. The van der Waals surface area contributed by atoms with E-state index in [1.54, 1.807) is 42.5 Å². The number of hydrogen-bond acceptors (Lipinski definition) is 4. The molecule has 0 saturated heterocycles. The fourth-order valence-corrected chi connectivity index (χ4v) is 2.60. The van der Waals surface area contributed by atoms with Gasteiger partial charge in [0.15, 0.2) is 0 Å². The Hall–Kier alpha value is -3.38. The van der Waals surface area contributed by atoms with E-state index in [4.69, 9.17) is 16.3 Å². The van der Waals surface area contributed by atoms with Crippen molar-refractivity contribution in [3.05, 3.63) is 83.1 Å². The molecule has 6 nitrogen and oxygen atoms in total. The fraction of sp³-hybridized carbons (Fsp3) is 0.0952. The third kappa shape index (κ3) is 4.86. The molecule has 0 fully saturated rings. The SMILES string of the molecule is CCOc1ccccc1NC(=O)c1ccnc(C(=O)Nc2ccc(Cl)cc2)c1. The second-order valence-electron chi connectivity index (χ2n) is 5.77. The Labute approximate surface area is 167 Å². The molecule has 7 heteroatoms. The lowest BCUT2D eigenvalue weighted by molar-refractivity contribution is 0.102. The van der Waals surface area contributed by atoms with E-state index in [0.29, 0.717) is 34.3 Å². The molecule has 3 aromatic rings. The number of amides is 2. The predicted octanol–water partition coefficient (Wildman–Crippen LogP) is 4.64. The van der Waals surface area contributed by atoms with Crippen LogP contribution >= 0.6 is 11.6 Å². The summed E-state index contributed by atoms with van der Waals surface area (Å²) in [6, 6.07) is 16.8. The van der Waals surface area contributed by atoms with Crippen molar-refractivity contribution in [1.29, 1.82) is 0 Å². The molecule has 0 saturated carbocycles. The number of carbonyl (C=O) groups is 2. The molecule has 0 unspecified atom stereocenters. The van der Waals surface area contributed by atoms with Crippen molar-refractivity contribution in [3.8, 4) is 5.75 Å². The third-order valence-corrected chi connectivity index (χ3v) is 4.04. The molecule has 1 heterocycles. The van der Waals surface area contributed by atoms with Crippen molar-refractivity contribution in [2.24, 2.45) is 0 Å². The Kier molecular flexibility index (Phi) is 6.24. The molecule has 0 atom stereocenters. The zero-order chi connectivity index (χ0) is 19.9. The van der Waals surface area contributed by atoms with Gasteiger partial charge >= 0.3 is 0 Å². The average molecular weight is 396 g/mol. The normalized spacial score (nSPS) is 10.2. The molecule has 0 aliphatic heterocycles. The largest absolute Gasteiger partial charge is 0.492 e. The van der Waals surface area contributed by atoms with Gasteiger partial charge in [-0.05, 0) is 55.5 Å². The van der Waals surface area contributed by atoms with Crippen LogP contribution in [0.1, 0.15) is 27.8 Å². The van der Waals surface area contributed by atoms with Gasteiger partial charge in [0, 0.05) is 22.5 Å². The first-order valence-corrected chi connectivity index (χ1v) is 9.00. The Balaban J connectivity index is 1.74. The molecular formula is C21H18ClN3O3. The summed E-state index contributed by atoms with van der Waals surface area (Å²) < 4.78 is 5.51. The van der Waals surface area contributed by atoms with Gasteiger partial charge in [-0.3, -0.25) is 14.6 Å². The van der Waals surface area contributed by atoms with Crippen molar-refractivity contribution in [1.82, 2.24) is 4.98 Å². The molecule has 2 amide bonds.